The molecule has 1 aliphatic carbocycles. The van der Waals surface area contributed by atoms with E-state index in [0.717, 1.165) is 28.6 Å². The standard InChI is InChI=1S/C15H17BrN2O2/c1-9-6-11(16)2-5-13(9)18-8-10(7-14(18)19)15(20)17-12-3-4-12/h2,5-6,10,12H,3-4,7-8H2,1H3,(H,17,20)/t10-/m0/s1. The Balaban J connectivity index is 1.74. The Kier molecular flexibility index (Phi) is 3.54. The van der Waals surface area contributed by atoms with Crippen LogP contribution in [0.25, 0.3) is 0 Å². The van der Waals surface area contributed by atoms with Crippen LogP contribution in [-0.2, 0) is 9.59 Å². The molecular formula is C15H17BrN2O2. The first-order valence-corrected chi connectivity index (χ1v) is 7.71. The summed E-state index contributed by atoms with van der Waals surface area (Å²) < 4.78 is 0.994. The van der Waals surface area contributed by atoms with Crippen molar-refractivity contribution < 1.29 is 9.59 Å². The molecule has 2 fully saturated rings. The molecular weight excluding hydrogens is 320 g/mol. The van der Waals surface area contributed by atoms with Gasteiger partial charge in [0.15, 0.2) is 0 Å². The van der Waals surface area contributed by atoms with Crippen LogP contribution in [-0.4, -0.2) is 24.4 Å². The summed E-state index contributed by atoms with van der Waals surface area (Å²) in [6, 6.07) is 6.19. The van der Waals surface area contributed by atoms with Gasteiger partial charge in [-0.3, -0.25) is 9.59 Å². The lowest BCUT2D eigenvalue weighted by atomic mass is 10.1. The van der Waals surface area contributed by atoms with E-state index >= 15 is 0 Å². The third kappa shape index (κ3) is 2.73. The lowest BCUT2D eigenvalue weighted by Crippen LogP contribution is -2.34. The number of carbonyl (C=O) groups excluding carboxylic acids is 2. The van der Waals surface area contributed by atoms with Crippen LogP contribution in [0.4, 0.5) is 5.69 Å². The van der Waals surface area contributed by atoms with Crippen LogP contribution in [0.3, 0.4) is 0 Å². The molecule has 0 unspecified atom stereocenters. The Morgan fingerprint density at radius 3 is 2.80 bits per heavy atom. The van der Waals surface area contributed by atoms with Crippen molar-refractivity contribution >= 4 is 33.4 Å². The Labute approximate surface area is 126 Å². The number of amides is 2. The fourth-order valence-electron chi connectivity index (χ4n) is 2.58. The van der Waals surface area contributed by atoms with E-state index in [9.17, 15) is 9.59 Å². The van der Waals surface area contributed by atoms with Gasteiger partial charge in [0, 0.05) is 29.2 Å². The number of rotatable bonds is 3. The van der Waals surface area contributed by atoms with E-state index in [4.69, 9.17) is 0 Å². The van der Waals surface area contributed by atoms with Crippen molar-refractivity contribution in [2.24, 2.45) is 5.92 Å². The summed E-state index contributed by atoms with van der Waals surface area (Å²) >= 11 is 3.42. The summed E-state index contributed by atoms with van der Waals surface area (Å²) in [5.74, 6) is -0.157. The Morgan fingerprint density at radius 2 is 2.15 bits per heavy atom. The van der Waals surface area contributed by atoms with E-state index in [1.165, 1.54) is 0 Å². The molecule has 0 bridgehead atoms. The predicted molar refractivity (Wildman–Crippen MR) is 80.5 cm³/mol. The molecule has 2 aliphatic rings. The number of nitrogens with one attached hydrogen (secondary N) is 1. The second-order valence-electron chi connectivity index (χ2n) is 5.62. The molecule has 2 amide bonds. The van der Waals surface area contributed by atoms with Gasteiger partial charge in [-0.1, -0.05) is 15.9 Å². The molecule has 3 rings (SSSR count). The van der Waals surface area contributed by atoms with Crippen molar-refractivity contribution in [3.63, 3.8) is 0 Å². The number of hydrogen-bond donors (Lipinski definition) is 1. The quantitative estimate of drug-likeness (QED) is 0.921. The second kappa shape index (κ2) is 5.20. The van der Waals surface area contributed by atoms with Crippen molar-refractivity contribution in [1.29, 1.82) is 0 Å². The first-order chi connectivity index (χ1) is 9.54. The Hall–Kier alpha value is -1.36. The maximum atomic E-state index is 12.2. The van der Waals surface area contributed by atoms with E-state index in [1.54, 1.807) is 4.90 Å². The molecule has 4 nitrogen and oxygen atoms in total. The van der Waals surface area contributed by atoms with Gasteiger partial charge in [-0.2, -0.15) is 0 Å². The molecule has 1 aromatic carbocycles. The minimum absolute atomic E-state index is 0.0260. The van der Waals surface area contributed by atoms with E-state index in [0.29, 0.717) is 19.0 Å². The van der Waals surface area contributed by atoms with Crippen LogP contribution in [0.5, 0.6) is 0 Å². The highest BCUT2D eigenvalue weighted by atomic mass is 79.9. The largest absolute Gasteiger partial charge is 0.353 e. The molecule has 5 heteroatoms. The molecule has 1 saturated heterocycles. The molecule has 1 heterocycles. The topological polar surface area (TPSA) is 49.4 Å². The first-order valence-electron chi connectivity index (χ1n) is 6.91. The Morgan fingerprint density at radius 1 is 1.40 bits per heavy atom. The average Bonchev–Trinajstić information content (AvgIpc) is 3.11. The zero-order valence-electron chi connectivity index (χ0n) is 11.4. The minimum Gasteiger partial charge on any atom is -0.353 e. The number of hydrogen-bond acceptors (Lipinski definition) is 2. The summed E-state index contributed by atoms with van der Waals surface area (Å²) in [6.07, 6.45) is 2.46. The number of carbonyl (C=O) groups is 2. The van der Waals surface area contributed by atoms with Gasteiger partial charge in [0.25, 0.3) is 0 Å². The minimum atomic E-state index is -0.217. The monoisotopic (exact) mass is 336 g/mol. The number of benzene rings is 1. The molecule has 1 aliphatic heterocycles. The smallest absolute Gasteiger partial charge is 0.227 e. The van der Waals surface area contributed by atoms with Crippen LogP contribution >= 0.6 is 15.9 Å². The van der Waals surface area contributed by atoms with Gasteiger partial charge in [-0.25, -0.2) is 0 Å². The van der Waals surface area contributed by atoms with Crippen LogP contribution in [0.1, 0.15) is 24.8 Å². The number of nitrogens with zero attached hydrogens (tertiary/aromatic N) is 1. The lowest BCUT2D eigenvalue weighted by molar-refractivity contribution is -0.126. The lowest BCUT2D eigenvalue weighted by Gasteiger charge is -2.19. The molecule has 106 valence electrons. The highest BCUT2D eigenvalue weighted by molar-refractivity contribution is 9.10. The number of anilines is 1. The normalized spacial score (nSPS) is 22.2. The van der Waals surface area contributed by atoms with Gasteiger partial charge in [-0.15, -0.1) is 0 Å². The van der Waals surface area contributed by atoms with Crippen molar-refractivity contribution in [3.05, 3.63) is 28.2 Å². The molecule has 1 atom stereocenters. The number of aryl methyl sites for hydroxylation is 1. The predicted octanol–water partition coefficient (Wildman–Crippen LogP) is 2.39. The molecule has 0 spiro atoms. The summed E-state index contributed by atoms with van der Waals surface area (Å²) in [5.41, 5.74) is 1.94. The van der Waals surface area contributed by atoms with E-state index in [2.05, 4.69) is 21.2 Å². The molecule has 0 aromatic heterocycles. The summed E-state index contributed by atoms with van der Waals surface area (Å²) in [6.45, 7) is 2.46. The van der Waals surface area contributed by atoms with E-state index in [1.807, 2.05) is 25.1 Å². The Bertz CT molecular complexity index is 569. The first kappa shape index (κ1) is 13.6. The van der Waals surface area contributed by atoms with Gasteiger partial charge in [0.05, 0.1) is 5.92 Å². The van der Waals surface area contributed by atoms with Crippen LogP contribution in [0, 0.1) is 12.8 Å². The van der Waals surface area contributed by atoms with Crippen molar-refractivity contribution in [2.75, 3.05) is 11.4 Å². The zero-order valence-corrected chi connectivity index (χ0v) is 12.9. The molecule has 1 aromatic rings. The summed E-state index contributed by atoms with van der Waals surface area (Å²) in [5, 5.41) is 2.99. The maximum Gasteiger partial charge on any atom is 0.227 e. The third-order valence-corrected chi connectivity index (χ3v) is 4.36. The van der Waals surface area contributed by atoms with Crippen LogP contribution in [0.15, 0.2) is 22.7 Å². The summed E-state index contributed by atoms with van der Waals surface area (Å²) in [7, 11) is 0. The van der Waals surface area contributed by atoms with Gasteiger partial charge >= 0.3 is 0 Å². The van der Waals surface area contributed by atoms with Gasteiger partial charge in [0.2, 0.25) is 11.8 Å². The third-order valence-electron chi connectivity index (χ3n) is 3.87. The second-order valence-corrected chi connectivity index (χ2v) is 6.53. The van der Waals surface area contributed by atoms with Gasteiger partial charge in [0.1, 0.15) is 0 Å². The van der Waals surface area contributed by atoms with Gasteiger partial charge in [-0.05, 0) is 43.5 Å². The molecule has 20 heavy (non-hydrogen) atoms. The molecule has 1 N–H and O–H groups in total. The fourth-order valence-corrected chi connectivity index (χ4v) is 3.06. The fraction of sp³-hybridized carbons (Fsp3) is 0.467. The molecule has 0 radical (unpaired) electrons. The van der Waals surface area contributed by atoms with E-state index in [-0.39, 0.29) is 17.7 Å². The van der Waals surface area contributed by atoms with Crippen LogP contribution in [0.2, 0.25) is 0 Å². The molecule has 1 saturated carbocycles. The van der Waals surface area contributed by atoms with Crippen molar-refractivity contribution in [2.45, 2.75) is 32.2 Å². The van der Waals surface area contributed by atoms with Gasteiger partial charge < -0.3 is 10.2 Å². The van der Waals surface area contributed by atoms with Crippen LogP contribution < -0.4 is 10.2 Å². The maximum absolute atomic E-state index is 12.2. The number of halogens is 1. The van der Waals surface area contributed by atoms with Crippen molar-refractivity contribution in [1.82, 2.24) is 5.32 Å². The zero-order chi connectivity index (χ0) is 14.3. The summed E-state index contributed by atoms with van der Waals surface area (Å²) in [4.78, 5) is 26.0. The van der Waals surface area contributed by atoms with E-state index < -0.39 is 0 Å². The highest BCUT2D eigenvalue weighted by Crippen LogP contribution is 2.30. The SMILES string of the molecule is Cc1cc(Br)ccc1N1C[C@@H](C(=O)NC2CC2)CC1=O. The van der Waals surface area contributed by atoms with Crippen molar-refractivity contribution in [3.8, 4) is 0 Å². The average molecular weight is 337 g/mol. The highest BCUT2D eigenvalue weighted by Gasteiger charge is 2.37.